The lowest BCUT2D eigenvalue weighted by Gasteiger charge is -2.38. The van der Waals surface area contributed by atoms with Gasteiger partial charge in [-0.3, -0.25) is 14.4 Å². The number of benzene rings is 1. The molecule has 5 heterocycles. The number of hydrogen-bond acceptors (Lipinski definition) is 12. The highest BCUT2D eigenvalue weighted by molar-refractivity contribution is 6.06. The van der Waals surface area contributed by atoms with Gasteiger partial charge in [-0.15, -0.1) is 0 Å². The number of ether oxygens (including phenoxy) is 6. The maximum Gasteiger partial charge on any atom is 0.416 e. The molecule has 2 saturated heterocycles. The Labute approximate surface area is 329 Å². The van der Waals surface area contributed by atoms with Crippen molar-refractivity contribution in [1.82, 2.24) is 19.0 Å². The zero-order valence-electron chi connectivity index (χ0n) is 32.6. The van der Waals surface area contributed by atoms with Crippen LogP contribution in [0.15, 0.2) is 43.2 Å². The molecule has 3 aliphatic heterocycles. The molecule has 306 valence electrons. The van der Waals surface area contributed by atoms with Crippen LogP contribution in [-0.2, 0) is 37.8 Å². The third-order valence-corrected chi connectivity index (χ3v) is 9.77. The maximum atomic E-state index is 14.1. The fourth-order valence-corrected chi connectivity index (χ4v) is 7.11. The molecule has 3 aliphatic rings. The molecule has 18 heteroatoms. The smallest absolute Gasteiger partial charge is 0.416 e. The number of carbonyl (C=O) groups is 5. The molecular formula is C39H49N7O11. The Kier molecular flexibility index (Phi) is 13.1. The Morgan fingerprint density at radius 1 is 1.02 bits per heavy atom. The first-order valence-corrected chi connectivity index (χ1v) is 19.0. The van der Waals surface area contributed by atoms with Crippen molar-refractivity contribution in [3.63, 3.8) is 0 Å². The number of rotatable bonds is 15. The highest BCUT2D eigenvalue weighted by Crippen LogP contribution is 2.42. The number of aryl methyl sites for hydroxylation is 2. The van der Waals surface area contributed by atoms with Gasteiger partial charge in [-0.25, -0.2) is 19.5 Å². The van der Waals surface area contributed by atoms with Crippen molar-refractivity contribution >= 4 is 47.0 Å². The van der Waals surface area contributed by atoms with Crippen LogP contribution in [0.1, 0.15) is 83.3 Å². The van der Waals surface area contributed by atoms with Crippen molar-refractivity contribution in [2.45, 2.75) is 70.4 Å². The Balaban J connectivity index is 1.12. The van der Waals surface area contributed by atoms with Crippen molar-refractivity contribution in [1.29, 1.82) is 0 Å². The first-order valence-electron chi connectivity index (χ1n) is 19.0. The number of amides is 4. The predicted molar refractivity (Wildman–Crippen MR) is 205 cm³/mol. The zero-order valence-corrected chi connectivity index (χ0v) is 32.6. The van der Waals surface area contributed by atoms with Crippen LogP contribution >= 0.6 is 0 Å². The number of nitrogens with one attached hydrogen (secondary N) is 2. The van der Waals surface area contributed by atoms with Crippen LogP contribution in [0.25, 0.3) is 0 Å². The lowest BCUT2D eigenvalue weighted by Crippen LogP contribution is -2.54. The van der Waals surface area contributed by atoms with Crippen LogP contribution in [0.2, 0.25) is 0 Å². The Morgan fingerprint density at radius 2 is 1.84 bits per heavy atom. The van der Waals surface area contributed by atoms with Gasteiger partial charge in [-0.1, -0.05) is 12.7 Å². The standard InChI is InChI=1S/C39H49N7O11/c1-6-16-56-39(51)46-27-21-30(29(52-5)20-25(27)36(49)45-15-10-12-26(45)37(46)57-33-14-8-9-17-55-33)54-18-11-13-32(47)40-24-19-28(43(3)22-24)35(48)42-31-23-44(4)34(41-31)38(50)53-7-2/h6,19-23,26,33,37H,1,7-18H2,2-5H3,(H,40,47)(H,42,48)/t26-,33?,37?/m0/s1. The van der Waals surface area contributed by atoms with Gasteiger partial charge in [-0.2, -0.15) is 0 Å². The minimum Gasteiger partial charge on any atom is -0.493 e. The number of aromatic nitrogens is 3. The normalized spacial score (nSPS) is 18.9. The first kappa shape index (κ1) is 40.8. The van der Waals surface area contributed by atoms with Crippen LogP contribution in [0, 0.1) is 0 Å². The highest BCUT2D eigenvalue weighted by Gasteiger charge is 2.48. The lowest BCUT2D eigenvalue weighted by atomic mass is 10.1. The molecule has 2 unspecified atom stereocenters. The van der Waals surface area contributed by atoms with Gasteiger partial charge >= 0.3 is 12.1 Å². The molecule has 4 amide bonds. The van der Waals surface area contributed by atoms with Gasteiger partial charge in [0.05, 0.1) is 43.3 Å². The van der Waals surface area contributed by atoms with E-state index in [1.807, 2.05) is 0 Å². The number of fused-ring (bicyclic) bond motifs is 2. The summed E-state index contributed by atoms with van der Waals surface area (Å²) in [6, 6.07) is 4.20. The molecule has 3 atom stereocenters. The zero-order chi connectivity index (χ0) is 40.6. The quantitative estimate of drug-likeness (QED) is 0.124. The Bertz CT molecular complexity index is 1990. The lowest BCUT2D eigenvalue weighted by molar-refractivity contribution is -0.195. The molecule has 0 saturated carbocycles. The van der Waals surface area contributed by atoms with Gasteiger partial charge in [0.15, 0.2) is 29.8 Å². The number of hydrogen-bond donors (Lipinski definition) is 2. The van der Waals surface area contributed by atoms with Gasteiger partial charge in [0, 0.05) is 52.1 Å². The monoisotopic (exact) mass is 791 g/mol. The molecular weight excluding hydrogens is 742 g/mol. The summed E-state index contributed by atoms with van der Waals surface area (Å²) in [5.74, 6) is -0.963. The summed E-state index contributed by atoms with van der Waals surface area (Å²) in [4.78, 5) is 73.2. The van der Waals surface area contributed by atoms with Crippen molar-refractivity contribution in [2.75, 3.05) is 55.6 Å². The van der Waals surface area contributed by atoms with E-state index in [2.05, 4.69) is 22.2 Å². The Hall–Kier alpha value is -5.88. The van der Waals surface area contributed by atoms with E-state index in [-0.39, 0.29) is 78.1 Å². The number of nitrogens with zero attached hydrogens (tertiary/aromatic N) is 5. The molecule has 2 aromatic heterocycles. The van der Waals surface area contributed by atoms with Crippen LogP contribution < -0.4 is 25.0 Å². The second kappa shape index (κ2) is 18.4. The molecule has 0 spiro atoms. The largest absolute Gasteiger partial charge is 0.493 e. The molecule has 2 N–H and O–H groups in total. The van der Waals surface area contributed by atoms with Gasteiger partial charge in [-0.05, 0) is 57.6 Å². The summed E-state index contributed by atoms with van der Waals surface area (Å²) in [6.45, 7) is 6.60. The molecule has 3 aromatic rings. The first-order chi connectivity index (χ1) is 27.5. The fourth-order valence-electron chi connectivity index (χ4n) is 7.11. The van der Waals surface area contributed by atoms with Crippen LogP contribution in [0.4, 0.5) is 22.0 Å². The van der Waals surface area contributed by atoms with Crippen molar-refractivity contribution in [3.05, 3.63) is 60.3 Å². The summed E-state index contributed by atoms with van der Waals surface area (Å²) in [5, 5.41) is 5.46. The van der Waals surface area contributed by atoms with Gasteiger partial charge in [0.1, 0.15) is 12.3 Å². The average Bonchev–Trinajstić information content (AvgIpc) is 3.92. The molecule has 0 bridgehead atoms. The highest BCUT2D eigenvalue weighted by atomic mass is 16.7. The molecule has 18 nitrogen and oxygen atoms in total. The topological polar surface area (TPSA) is 194 Å². The molecule has 2 fully saturated rings. The predicted octanol–water partition coefficient (Wildman–Crippen LogP) is 4.61. The van der Waals surface area contributed by atoms with Gasteiger partial charge in [0.25, 0.3) is 11.8 Å². The fraction of sp³-hybridized carbons (Fsp3) is 0.487. The second-order valence-electron chi connectivity index (χ2n) is 13.7. The SMILES string of the molecule is C=CCOC(=O)N1c2cc(OCCCC(=O)Nc3cc(C(=O)Nc4cn(C)c(C(=O)OCC)n4)n(C)c3)c(OC)cc2C(=O)N2CCC[C@H]2C1OC1CCCCO1. The minimum absolute atomic E-state index is 0.0430. The van der Waals surface area contributed by atoms with E-state index in [9.17, 15) is 24.0 Å². The van der Waals surface area contributed by atoms with Gasteiger partial charge < -0.3 is 53.1 Å². The number of esters is 1. The molecule has 1 aromatic carbocycles. The van der Waals surface area contributed by atoms with E-state index in [1.54, 1.807) is 48.8 Å². The maximum absolute atomic E-state index is 14.1. The Morgan fingerprint density at radius 3 is 2.58 bits per heavy atom. The molecule has 57 heavy (non-hydrogen) atoms. The third-order valence-electron chi connectivity index (χ3n) is 9.77. The van der Waals surface area contributed by atoms with E-state index >= 15 is 0 Å². The third kappa shape index (κ3) is 9.23. The van der Waals surface area contributed by atoms with E-state index in [0.717, 1.165) is 19.3 Å². The summed E-state index contributed by atoms with van der Waals surface area (Å²) < 4.78 is 37.7. The minimum atomic E-state index is -0.896. The van der Waals surface area contributed by atoms with Crippen LogP contribution in [-0.4, -0.2) is 107 Å². The van der Waals surface area contributed by atoms with Crippen molar-refractivity contribution < 1.29 is 52.4 Å². The molecule has 0 radical (unpaired) electrons. The number of carbonyl (C=O) groups excluding carboxylic acids is 5. The number of imidazole rings is 1. The molecule has 6 rings (SSSR count). The second-order valence-corrected chi connectivity index (χ2v) is 13.7. The van der Waals surface area contributed by atoms with E-state index in [1.165, 1.54) is 34.9 Å². The van der Waals surface area contributed by atoms with E-state index in [4.69, 9.17) is 28.4 Å². The summed E-state index contributed by atoms with van der Waals surface area (Å²) >= 11 is 0. The summed E-state index contributed by atoms with van der Waals surface area (Å²) in [7, 11) is 4.72. The van der Waals surface area contributed by atoms with E-state index < -0.39 is 36.5 Å². The van der Waals surface area contributed by atoms with Gasteiger partial charge in [0.2, 0.25) is 11.7 Å². The summed E-state index contributed by atoms with van der Waals surface area (Å²) in [6.07, 6.45) is 6.58. The van der Waals surface area contributed by atoms with E-state index in [0.29, 0.717) is 38.1 Å². The number of anilines is 3. The summed E-state index contributed by atoms with van der Waals surface area (Å²) in [5.41, 5.74) is 1.11. The van der Waals surface area contributed by atoms with Crippen molar-refractivity contribution in [3.8, 4) is 11.5 Å². The molecule has 0 aliphatic carbocycles. The van der Waals surface area contributed by atoms with Crippen LogP contribution in [0.3, 0.4) is 0 Å². The van der Waals surface area contributed by atoms with Crippen LogP contribution in [0.5, 0.6) is 11.5 Å². The number of methoxy groups -OCH3 is 1. The average molecular weight is 792 g/mol. The van der Waals surface area contributed by atoms with Crippen molar-refractivity contribution in [2.24, 2.45) is 14.1 Å².